The Bertz CT molecular complexity index is 1110. The Balaban J connectivity index is 1.89. The van der Waals surface area contributed by atoms with Crippen LogP contribution in [-0.4, -0.2) is 34.2 Å². The van der Waals surface area contributed by atoms with Gasteiger partial charge < -0.3 is 14.5 Å². The zero-order chi connectivity index (χ0) is 30.1. The minimum absolute atomic E-state index is 0.00825. The summed E-state index contributed by atoms with van der Waals surface area (Å²) in [6.07, 6.45) is 13.9. The van der Waals surface area contributed by atoms with Crippen LogP contribution in [0.4, 0.5) is 4.79 Å². The first-order valence-electron chi connectivity index (χ1n) is 14.8. The molecule has 1 N–H and O–H groups in total. The standard InChI is InChI=1S/C36H51NO3Si/c1-8-26-39-35(38)37-29-32(4)20-13-9-12-19-30(2)28-31(3)21-18-27-40-41(36(5,6)7,33-22-14-10-15-23-33)34-24-16-11-17-25-34/h8-12,14-17,19,21-25,32H,1,13,18,20,26-29H2,2-7H3,(H,37,38)/b12-9+,30-19+,31-21+/t32-/m0/s1. The number of ether oxygens (including phenoxy) is 1. The number of allylic oxidation sites excluding steroid dienone is 5. The normalized spacial score (nSPS) is 13.7. The highest BCUT2D eigenvalue weighted by Gasteiger charge is 2.49. The van der Waals surface area contributed by atoms with Crippen LogP contribution in [0.5, 0.6) is 0 Å². The molecule has 0 fully saturated rings. The molecule has 2 rings (SSSR count). The van der Waals surface area contributed by atoms with Crippen LogP contribution in [0.15, 0.2) is 109 Å². The van der Waals surface area contributed by atoms with Crippen molar-refractivity contribution in [1.29, 1.82) is 0 Å². The molecule has 1 atom stereocenters. The van der Waals surface area contributed by atoms with E-state index in [0.717, 1.165) is 25.7 Å². The van der Waals surface area contributed by atoms with Crippen molar-refractivity contribution in [3.8, 4) is 0 Å². The first-order valence-corrected chi connectivity index (χ1v) is 16.8. The Kier molecular flexibility index (Phi) is 14.6. The van der Waals surface area contributed by atoms with Gasteiger partial charge in [0.2, 0.25) is 0 Å². The Hall–Kier alpha value is -3.15. The molecule has 1 amide bonds. The van der Waals surface area contributed by atoms with Crippen LogP contribution in [0.3, 0.4) is 0 Å². The predicted octanol–water partition coefficient (Wildman–Crippen LogP) is 8.12. The molecule has 0 spiro atoms. The fourth-order valence-corrected chi connectivity index (χ4v) is 9.68. The van der Waals surface area contributed by atoms with Gasteiger partial charge in [0, 0.05) is 13.2 Å². The second-order valence-electron chi connectivity index (χ2n) is 11.9. The second-order valence-corrected chi connectivity index (χ2v) is 16.2. The van der Waals surface area contributed by atoms with Crippen molar-refractivity contribution in [1.82, 2.24) is 5.32 Å². The lowest BCUT2D eigenvalue weighted by atomic mass is 10.0. The fraction of sp³-hybridized carbons (Fsp3) is 0.417. The number of carbonyl (C=O) groups excluding carboxylic acids is 1. The predicted molar refractivity (Wildman–Crippen MR) is 177 cm³/mol. The van der Waals surface area contributed by atoms with Gasteiger partial charge in [-0.3, -0.25) is 0 Å². The maximum absolute atomic E-state index is 11.5. The monoisotopic (exact) mass is 573 g/mol. The highest BCUT2D eigenvalue weighted by atomic mass is 28.4. The summed E-state index contributed by atoms with van der Waals surface area (Å²) in [7, 11) is -2.48. The van der Waals surface area contributed by atoms with E-state index in [9.17, 15) is 4.79 Å². The average molecular weight is 574 g/mol. The summed E-state index contributed by atoms with van der Waals surface area (Å²) in [6, 6.07) is 21.7. The Labute approximate surface area is 250 Å². The maximum Gasteiger partial charge on any atom is 0.407 e. The average Bonchev–Trinajstić information content (AvgIpc) is 2.95. The summed E-state index contributed by atoms with van der Waals surface area (Å²) in [5, 5.41) is 5.43. The molecular formula is C36H51NO3Si. The van der Waals surface area contributed by atoms with E-state index in [-0.39, 0.29) is 17.7 Å². The smallest absolute Gasteiger partial charge is 0.407 e. The number of benzene rings is 2. The maximum atomic E-state index is 11.5. The number of alkyl carbamates (subject to hydrolysis) is 1. The molecule has 0 saturated carbocycles. The van der Waals surface area contributed by atoms with E-state index >= 15 is 0 Å². The second kappa shape index (κ2) is 17.6. The Morgan fingerprint density at radius 3 is 2.15 bits per heavy atom. The fourth-order valence-electron chi connectivity index (χ4n) is 5.10. The lowest BCUT2D eigenvalue weighted by molar-refractivity contribution is 0.156. The van der Waals surface area contributed by atoms with Crippen molar-refractivity contribution < 1.29 is 14.0 Å². The van der Waals surface area contributed by atoms with Crippen molar-refractivity contribution in [3.05, 3.63) is 109 Å². The van der Waals surface area contributed by atoms with Gasteiger partial charge in [0.15, 0.2) is 0 Å². The SMILES string of the molecule is C=CCOC(=O)NC[C@@H](C)CC/C=C/C=C(\C)C/C(C)=C/CCO[Si](c1ccccc1)(c1ccccc1)C(C)(C)C. The van der Waals surface area contributed by atoms with Crippen LogP contribution in [0.1, 0.15) is 67.2 Å². The van der Waals surface area contributed by atoms with Gasteiger partial charge in [-0.2, -0.15) is 0 Å². The summed E-state index contributed by atoms with van der Waals surface area (Å²) < 4.78 is 12.0. The van der Waals surface area contributed by atoms with Crippen LogP contribution >= 0.6 is 0 Å². The molecular weight excluding hydrogens is 522 g/mol. The summed E-state index contributed by atoms with van der Waals surface area (Å²) in [5.74, 6) is 0.386. The molecule has 222 valence electrons. The van der Waals surface area contributed by atoms with Crippen LogP contribution < -0.4 is 15.7 Å². The molecule has 0 aliphatic carbocycles. The van der Waals surface area contributed by atoms with Crippen molar-refractivity contribution in [2.75, 3.05) is 19.8 Å². The van der Waals surface area contributed by atoms with E-state index in [1.54, 1.807) is 6.08 Å². The number of amides is 1. The van der Waals surface area contributed by atoms with E-state index < -0.39 is 8.32 Å². The number of nitrogens with one attached hydrogen (secondary N) is 1. The topological polar surface area (TPSA) is 47.6 Å². The Morgan fingerprint density at radius 1 is 0.976 bits per heavy atom. The molecule has 5 heteroatoms. The first-order chi connectivity index (χ1) is 19.6. The molecule has 2 aromatic rings. The molecule has 0 radical (unpaired) electrons. The molecule has 41 heavy (non-hydrogen) atoms. The number of hydrogen-bond donors (Lipinski definition) is 1. The van der Waals surface area contributed by atoms with Crippen LogP contribution in [0, 0.1) is 5.92 Å². The van der Waals surface area contributed by atoms with E-state index in [0.29, 0.717) is 19.1 Å². The quantitative estimate of drug-likeness (QED) is 0.0955. The van der Waals surface area contributed by atoms with Gasteiger partial charge in [-0.15, -0.1) is 0 Å². The van der Waals surface area contributed by atoms with E-state index in [2.05, 4.69) is 138 Å². The van der Waals surface area contributed by atoms with E-state index in [1.807, 2.05) is 0 Å². The van der Waals surface area contributed by atoms with Crippen molar-refractivity contribution in [2.45, 2.75) is 72.3 Å². The van der Waals surface area contributed by atoms with Gasteiger partial charge in [0.05, 0.1) is 0 Å². The molecule has 0 aliphatic heterocycles. The molecule has 0 aromatic heterocycles. The zero-order valence-electron chi connectivity index (χ0n) is 26.1. The number of carbonyl (C=O) groups is 1. The van der Waals surface area contributed by atoms with E-state index in [4.69, 9.17) is 9.16 Å². The highest BCUT2D eigenvalue weighted by Crippen LogP contribution is 2.36. The van der Waals surface area contributed by atoms with Crippen molar-refractivity contribution in [2.24, 2.45) is 5.92 Å². The lowest BCUT2D eigenvalue weighted by Crippen LogP contribution is -2.66. The molecule has 0 bridgehead atoms. The van der Waals surface area contributed by atoms with Gasteiger partial charge in [0.25, 0.3) is 8.32 Å². The van der Waals surface area contributed by atoms with Gasteiger partial charge in [-0.1, -0.05) is 136 Å². The number of hydrogen-bond acceptors (Lipinski definition) is 3. The summed E-state index contributed by atoms with van der Waals surface area (Å²) >= 11 is 0. The van der Waals surface area contributed by atoms with E-state index in [1.165, 1.54) is 21.5 Å². The van der Waals surface area contributed by atoms with Crippen LogP contribution in [-0.2, 0) is 9.16 Å². The van der Waals surface area contributed by atoms with Gasteiger partial charge in [-0.25, -0.2) is 4.79 Å². The van der Waals surface area contributed by atoms with Crippen molar-refractivity contribution in [3.63, 3.8) is 0 Å². The summed E-state index contributed by atoms with van der Waals surface area (Å²) in [5.41, 5.74) is 2.70. The third-order valence-corrected chi connectivity index (χ3v) is 12.2. The third kappa shape index (κ3) is 11.3. The molecule has 0 aliphatic rings. The molecule has 0 saturated heterocycles. The first kappa shape index (κ1) is 34.1. The number of rotatable bonds is 16. The molecule has 2 aromatic carbocycles. The van der Waals surface area contributed by atoms with Crippen molar-refractivity contribution >= 4 is 24.8 Å². The Morgan fingerprint density at radius 2 is 1.59 bits per heavy atom. The largest absolute Gasteiger partial charge is 0.445 e. The lowest BCUT2D eigenvalue weighted by Gasteiger charge is -2.43. The minimum Gasteiger partial charge on any atom is -0.445 e. The highest BCUT2D eigenvalue weighted by molar-refractivity contribution is 6.99. The zero-order valence-corrected chi connectivity index (χ0v) is 27.1. The summed E-state index contributed by atoms with van der Waals surface area (Å²) in [4.78, 5) is 11.5. The van der Waals surface area contributed by atoms with Gasteiger partial charge >= 0.3 is 6.09 Å². The summed E-state index contributed by atoms with van der Waals surface area (Å²) in [6.45, 7) is 18.6. The van der Waals surface area contributed by atoms with Gasteiger partial charge in [-0.05, 0) is 60.9 Å². The van der Waals surface area contributed by atoms with Crippen LogP contribution in [0.2, 0.25) is 5.04 Å². The molecule has 0 unspecified atom stereocenters. The molecule has 4 nitrogen and oxygen atoms in total. The third-order valence-electron chi connectivity index (χ3n) is 7.17. The van der Waals surface area contributed by atoms with Gasteiger partial charge in [0.1, 0.15) is 6.61 Å². The minimum atomic E-state index is -2.48. The van der Waals surface area contributed by atoms with Crippen LogP contribution in [0.25, 0.3) is 0 Å². The molecule has 0 heterocycles.